The minimum Gasteiger partial charge on any atom is -0.490 e. The first-order valence-corrected chi connectivity index (χ1v) is 7.32. The number of rotatable bonds is 7. The maximum absolute atomic E-state index is 6.03. The second-order valence-electron chi connectivity index (χ2n) is 4.11. The summed E-state index contributed by atoms with van der Waals surface area (Å²) in [5, 5.41) is 1.44. The maximum Gasteiger partial charge on any atom is 0.156 e. The molecule has 5 heteroatoms. The zero-order valence-corrected chi connectivity index (χ0v) is 13.0. The van der Waals surface area contributed by atoms with Crippen LogP contribution in [0.5, 0.6) is 5.75 Å². The molecule has 0 saturated heterocycles. The third kappa shape index (κ3) is 4.85. The molecule has 0 saturated carbocycles. The fraction of sp³-hybridized carbons (Fsp3) is 0.538. The van der Waals surface area contributed by atoms with Crippen LogP contribution < -0.4 is 9.64 Å². The Balaban J connectivity index is 2.44. The van der Waals surface area contributed by atoms with Crippen LogP contribution in [0.4, 0.5) is 0 Å². The molecule has 102 valence electrons. The third-order valence-electron chi connectivity index (χ3n) is 2.88. The third-order valence-corrected chi connectivity index (χ3v) is 3.66. The van der Waals surface area contributed by atoms with Crippen molar-refractivity contribution in [2.45, 2.75) is 20.3 Å². The smallest absolute Gasteiger partial charge is 0.156 e. The predicted molar refractivity (Wildman–Crippen MR) is 78.5 cm³/mol. The zero-order valence-electron chi connectivity index (χ0n) is 10.7. The summed E-state index contributed by atoms with van der Waals surface area (Å²) in [6, 6.07) is 3.28. The Bertz CT molecular complexity index is 357. The van der Waals surface area contributed by atoms with E-state index in [1.165, 1.54) is 0 Å². The van der Waals surface area contributed by atoms with Crippen LogP contribution in [-0.2, 0) is 0 Å². The van der Waals surface area contributed by atoms with Gasteiger partial charge in [0.05, 0.1) is 36.3 Å². The van der Waals surface area contributed by atoms with Crippen LogP contribution in [0.15, 0.2) is 12.1 Å². The topological polar surface area (TPSA) is 13.7 Å². The summed E-state index contributed by atoms with van der Waals surface area (Å²) in [4.78, 5) is 1.56. The van der Waals surface area contributed by atoms with Crippen molar-refractivity contribution in [1.29, 1.82) is 0 Å². The van der Waals surface area contributed by atoms with Crippen molar-refractivity contribution < 1.29 is 9.64 Å². The van der Waals surface area contributed by atoms with Crippen LogP contribution in [0.25, 0.3) is 0 Å². The molecule has 0 aromatic heterocycles. The van der Waals surface area contributed by atoms with E-state index in [-0.39, 0.29) is 0 Å². The molecular weight excluding hydrogens is 293 g/mol. The molecule has 1 aromatic rings. The van der Waals surface area contributed by atoms with Gasteiger partial charge in [0.25, 0.3) is 0 Å². The van der Waals surface area contributed by atoms with Gasteiger partial charge in [-0.15, -0.1) is 0 Å². The first-order chi connectivity index (χ1) is 8.58. The van der Waals surface area contributed by atoms with Gasteiger partial charge in [0.1, 0.15) is 0 Å². The summed E-state index contributed by atoms with van der Waals surface area (Å²) in [7, 11) is 0. The number of quaternary nitrogens is 1. The summed E-state index contributed by atoms with van der Waals surface area (Å²) < 4.78 is 5.63. The van der Waals surface area contributed by atoms with Crippen molar-refractivity contribution >= 4 is 34.8 Å². The molecular formula is C13H19Cl3NO+. The van der Waals surface area contributed by atoms with Crippen LogP contribution in [-0.4, -0.2) is 26.2 Å². The predicted octanol–water partition coefficient (Wildman–Crippen LogP) is 3.34. The van der Waals surface area contributed by atoms with Gasteiger partial charge >= 0.3 is 0 Å². The van der Waals surface area contributed by atoms with Crippen molar-refractivity contribution in [2.24, 2.45) is 0 Å². The number of hydrogen-bond donors (Lipinski definition) is 1. The lowest BCUT2D eigenvalue weighted by atomic mass is 10.3. The SMILES string of the molecule is CC[NH+](CC)CCCOc1c(Cl)cc(Cl)cc1Cl. The molecule has 0 heterocycles. The summed E-state index contributed by atoms with van der Waals surface area (Å²) in [6.07, 6.45) is 0.978. The molecule has 0 fully saturated rings. The minimum absolute atomic E-state index is 0.461. The van der Waals surface area contributed by atoms with E-state index in [4.69, 9.17) is 39.5 Å². The highest BCUT2D eigenvalue weighted by Crippen LogP contribution is 2.35. The zero-order chi connectivity index (χ0) is 13.5. The lowest BCUT2D eigenvalue weighted by molar-refractivity contribution is -0.896. The van der Waals surface area contributed by atoms with Crippen molar-refractivity contribution in [1.82, 2.24) is 0 Å². The molecule has 0 spiro atoms. The molecule has 0 bridgehead atoms. The first kappa shape index (κ1) is 15.9. The second-order valence-corrected chi connectivity index (χ2v) is 5.36. The fourth-order valence-corrected chi connectivity index (χ4v) is 2.69. The largest absolute Gasteiger partial charge is 0.490 e. The van der Waals surface area contributed by atoms with Gasteiger partial charge in [-0.3, -0.25) is 0 Å². The van der Waals surface area contributed by atoms with E-state index in [0.29, 0.717) is 27.4 Å². The first-order valence-electron chi connectivity index (χ1n) is 6.19. The van der Waals surface area contributed by atoms with Gasteiger partial charge in [0, 0.05) is 11.4 Å². The van der Waals surface area contributed by atoms with Gasteiger partial charge < -0.3 is 9.64 Å². The average molecular weight is 312 g/mol. The van der Waals surface area contributed by atoms with Crippen molar-refractivity contribution in [3.63, 3.8) is 0 Å². The van der Waals surface area contributed by atoms with E-state index in [1.54, 1.807) is 17.0 Å². The van der Waals surface area contributed by atoms with Gasteiger partial charge in [0.15, 0.2) is 5.75 Å². The van der Waals surface area contributed by atoms with Gasteiger partial charge in [-0.2, -0.15) is 0 Å². The number of benzene rings is 1. The number of hydrogen-bond acceptors (Lipinski definition) is 1. The Morgan fingerprint density at radius 3 is 2.11 bits per heavy atom. The highest BCUT2D eigenvalue weighted by atomic mass is 35.5. The molecule has 18 heavy (non-hydrogen) atoms. The van der Waals surface area contributed by atoms with Gasteiger partial charge in [-0.25, -0.2) is 0 Å². The van der Waals surface area contributed by atoms with E-state index >= 15 is 0 Å². The number of halogens is 3. The molecule has 0 aliphatic carbocycles. The Labute approximate surface area is 124 Å². The van der Waals surface area contributed by atoms with Crippen LogP contribution in [0, 0.1) is 0 Å². The second kappa shape index (κ2) is 8.11. The molecule has 1 N–H and O–H groups in total. The summed E-state index contributed by atoms with van der Waals surface area (Å²) in [5.74, 6) is 0.525. The molecule has 2 nitrogen and oxygen atoms in total. The van der Waals surface area contributed by atoms with Gasteiger partial charge in [0.2, 0.25) is 0 Å². The van der Waals surface area contributed by atoms with E-state index < -0.39 is 0 Å². The van der Waals surface area contributed by atoms with E-state index in [0.717, 1.165) is 26.1 Å². The fourth-order valence-electron chi connectivity index (χ4n) is 1.77. The Kier molecular flexibility index (Phi) is 7.16. The maximum atomic E-state index is 6.03. The number of nitrogens with one attached hydrogen (secondary N) is 1. The monoisotopic (exact) mass is 310 g/mol. The Hall–Kier alpha value is -0.150. The standard InChI is InChI=1S/C13H18Cl3NO/c1-3-17(4-2)6-5-7-18-13-11(15)8-10(14)9-12(13)16/h8-9H,3-7H2,1-2H3/p+1. The highest BCUT2D eigenvalue weighted by molar-refractivity contribution is 6.40. The quantitative estimate of drug-likeness (QED) is 0.763. The molecule has 0 atom stereocenters. The summed E-state index contributed by atoms with van der Waals surface area (Å²) >= 11 is 17.9. The van der Waals surface area contributed by atoms with Crippen LogP contribution in [0.2, 0.25) is 15.1 Å². The van der Waals surface area contributed by atoms with Gasteiger partial charge in [-0.05, 0) is 26.0 Å². The highest BCUT2D eigenvalue weighted by Gasteiger charge is 2.09. The van der Waals surface area contributed by atoms with E-state index in [9.17, 15) is 0 Å². The number of ether oxygens (including phenoxy) is 1. The van der Waals surface area contributed by atoms with E-state index in [2.05, 4.69) is 13.8 Å². The van der Waals surface area contributed by atoms with Crippen molar-refractivity contribution in [3.05, 3.63) is 27.2 Å². The molecule has 0 aliphatic heterocycles. The summed E-state index contributed by atoms with van der Waals surface area (Å²) in [6.45, 7) is 8.36. The minimum atomic E-state index is 0.461. The molecule has 1 aromatic carbocycles. The van der Waals surface area contributed by atoms with E-state index in [1.807, 2.05) is 0 Å². The molecule has 1 rings (SSSR count). The van der Waals surface area contributed by atoms with Crippen LogP contribution in [0.3, 0.4) is 0 Å². The Morgan fingerprint density at radius 1 is 1.06 bits per heavy atom. The van der Waals surface area contributed by atoms with Crippen LogP contribution in [0.1, 0.15) is 20.3 Å². The molecule has 0 radical (unpaired) electrons. The lowest BCUT2D eigenvalue weighted by Gasteiger charge is -2.16. The van der Waals surface area contributed by atoms with Crippen molar-refractivity contribution in [2.75, 3.05) is 26.2 Å². The average Bonchev–Trinajstić information content (AvgIpc) is 2.32. The van der Waals surface area contributed by atoms with Gasteiger partial charge in [-0.1, -0.05) is 34.8 Å². The normalized spacial score (nSPS) is 11.0. The summed E-state index contributed by atoms with van der Waals surface area (Å²) in [5.41, 5.74) is 0. The van der Waals surface area contributed by atoms with Crippen LogP contribution >= 0.6 is 34.8 Å². The molecule has 0 aliphatic rings. The van der Waals surface area contributed by atoms with Crippen molar-refractivity contribution in [3.8, 4) is 5.75 Å². The molecule has 0 amide bonds. The molecule has 0 unspecified atom stereocenters. The lowest BCUT2D eigenvalue weighted by Crippen LogP contribution is -3.11. The Morgan fingerprint density at radius 2 is 1.61 bits per heavy atom.